The fourth-order valence-corrected chi connectivity index (χ4v) is 2.39. The third kappa shape index (κ3) is 2.24. The summed E-state index contributed by atoms with van der Waals surface area (Å²) in [4.78, 5) is 8.28. The monoisotopic (exact) mass is 318 g/mol. The van der Waals surface area contributed by atoms with Crippen molar-refractivity contribution in [2.75, 3.05) is 11.1 Å². The number of halogens is 1. The average Bonchev–Trinajstić information content (AvgIpc) is 2.80. The highest BCUT2D eigenvalue weighted by molar-refractivity contribution is 9.10. The van der Waals surface area contributed by atoms with Gasteiger partial charge in [0.25, 0.3) is 0 Å². The van der Waals surface area contributed by atoms with Crippen molar-refractivity contribution in [2.45, 2.75) is 6.92 Å². The third-order valence-electron chi connectivity index (χ3n) is 2.70. The Bertz CT molecular complexity index is 751. The number of aromatic nitrogens is 4. The number of anilines is 3. The Labute approximate surface area is 117 Å². The molecule has 0 aliphatic rings. The zero-order valence-electron chi connectivity index (χ0n) is 10.1. The fourth-order valence-electron chi connectivity index (χ4n) is 1.80. The lowest BCUT2D eigenvalue weighted by Crippen LogP contribution is -2.01. The molecular formula is C12H11BrN6. The summed E-state index contributed by atoms with van der Waals surface area (Å²) in [5.41, 5.74) is 8.37. The van der Waals surface area contributed by atoms with Crippen LogP contribution in [0.3, 0.4) is 0 Å². The molecule has 0 fully saturated rings. The van der Waals surface area contributed by atoms with E-state index in [4.69, 9.17) is 5.73 Å². The number of aromatic amines is 1. The van der Waals surface area contributed by atoms with Crippen LogP contribution in [-0.4, -0.2) is 20.2 Å². The van der Waals surface area contributed by atoms with Crippen molar-refractivity contribution >= 4 is 44.4 Å². The maximum absolute atomic E-state index is 5.68. The van der Waals surface area contributed by atoms with E-state index in [1.54, 1.807) is 6.20 Å². The molecule has 0 bridgehead atoms. The van der Waals surface area contributed by atoms with Crippen molar-refractivity contribution in [1.29, 1.82) is 0 Å². The molecule has 0 aliphatic carbocycles. The van der Waals surface area contributed by atoms with Crippen LogP contribution in [0.5, 0.6) is 0 Å². The summed E-state index contributed by atoms with van der Waals surface area (Å²) in [7, 11) is 0. The molecule has 0 atom stereocenters. The summed E-state index contributed by atoms with van der Waals surface area (Å²) in [6, 6.07) is 6.02. The average molecular weight is 319 g/mol. The second-order valence-electron chi connectivity index (χ2n) is 4.17. The van der Waals surface area contributed by atoms with E-state index in [1.165, 1.54) is 5.56 Å². The number of nitrogens with one attached hydrogen (secondary N) is 2. The van der Waals surface area contributed by atoms with E-state index in [-0.39, 0.29) is 5.95 Å². The van der Waals surface area contributed by atoms with Crippen molar-refractivity contribution in [1.82, 2.24) is 20.2 Å². The standard InChI is InChI=1S/C12H11BrN6/c1-6-2-3-9(8(13)4-6)16-10-7-5-15-19-11(7)18-12(14)17-10/h2-5H,1H3,(H4,14,15,16,17,18,19). The van der Waals surface area contributed by atoms with Gasteiger partial charge in [0.1, 0.15) is 5.82 Å². The molecule has 7 heteroatoms. The van der Waals surface area contributed by atoms with Crippen molar-refractivity contribution < 1.29 is 0 Å². The number of H-pyrrole nitrogens is 1. The number of fused-ring (bicyclic) bond motifs is 1. The van der Waals surface area contributed by atoms with Crippen LogP contribution in [0.4, 0.5) is 17.5 Å². The van der Waals surface area contributed by atoms with Crippen LogP contribution in [0, 0.1) is 6.92 Å². The number of nitrogens with zero attached hydrogens (tertiary/aromatic N) is 3. The molecule has 2 heterocycles. The predicted octanol–water partition coefficient (Wildman–Crippen LogP) is 2.75. The normalized spacial score (nSPS) is 10.8. The topological polar surface area (TPSA) is 92.5 Å². The first-order valence-corrected chi connectivity index (χ1v) is 6.42. The molecule has 0 amide bonds. The summed E-state index contributed by atoms with van der Waals surface area (Å²) in [5.74, 6) is 0.822. The minimum Gasteiger partial charge on any atom is -0.368 e. The van der Waals surface area contributed by atoms with E-state index < -0.39 is 0 Å². The Morgan fingerprint density at radius 1 is 1.32 bits per heavy atom. The number of aryl methyl sites for hydroxylation is 1. The van der Waals surface area contributed by atoms with Crippen LogP contribution >= 0.6 is 15.9 Å². The molecule has 0 saturated carbocycles. The third-order valence-corrected chi connectivity index (χ3v) is 3.36. The van der Waals surface area contributed by atoms with Gasteiger partial charge in [-0.1, -0.05) is 6.07 Å². The second kappa shape index (κ2) is 4.51. The highest BCUT2D eigenvalue weighted by atomic mass is 79.9. The first-order chi connectivity index (χ1) is 9.13. The van der Waals surface area contributed by atoms with Gasteiger partial charge in [0, 0.05) is 4.47 Å². The molecule has 0 radical (unpaired) electrons. The molecule has 0 aliphatic heterocycles. The van der Waals surface area contributed by atoms with Crippen molar-refractivity contribution in [3.05, 3.63) is 34.4 Å². The number of benzene rings is 1. The number of nitrogen functional groups attached to an aromatic ring is 1. The summed E-state index contributed by atoms with van der Waals surface area (Å²) in [5, 5.41) is 10.7. The van der Waals surface area contributed by atoms with Gasteiger partial charge in [-0.2, -0.15) is 15.1 Å². The molecule has 4 N–H and O–H groups in total. The number of rotatable bonds is 2. The minimum absolute atomic E-state index is 0.197. The molecule has 3 rings (SSSR count). The second-order valence-corrected chi connectivity index (χ2v) is 5.03. The first-order valence-electron chi connectivity index (χ1n) is 5.63. The van der Waals surface area contributed by atoms with E-state index >= 15 is 0 Å². The minimum atomic E-state index is 0.197. The van der Waals surface area contributed by atoms with E-state index in [9.17, 15) is 0 Å². The van der Waals surface area contributed by atoms with Crippen molar-refractivity contribution in [3.63, 3.8) is 0 Å². The van der Waals surface area contributed by atoms with Gasteiger partial charge in [0.15, 0.2) is 5.65 Å². The van der Waals surface area contributed by atoms with Gasteiger partial charge in [-0.3, -0.25) is 5.10 Å². The Kier molecular flexibility index (Phi) is 2.83. The smallest absolute Gasteiger partial charge is 0.224 e. The molecule has 0 unspecified atom stereocenters. The Balaban J connectivity index is 2.07. The van der Waals surface area contributed by atoms with Gasteiger partial charge in [0.05, 0.1) is 17.3 Å². The van der Waals surface area contributed by atoms with Crippen LogP contribution in [0.15, 0.2) is 28.9 Å². The van der Waals surface area contributed by atoms with Crippen LogP contribution in [0.1, 0.15) is 5.56 Å². The van der Waals surface area contributed by atoms with Crippen LogP contribution < -0.4 is 11.1 Å². The van der Waals surface area contributed by atoms with Gasteiger partial charge in [0.2, 0.25) is 5.95 Å². The van der Waals surface area contributed by atoms with Crippen molar-refractivity contribution in [2.24, 2.45) is 0 Å². The summed E-state index contributed by atoms with van der Waals surface area (Å²) in [6.07, 6.45) is 1.67. The maximum Gasteiger partial charge on any atom is 0.224 e. The van der Waals surface area contributed by atoms with Gasteiger partial charge in [-0.15, -0.1) is 0 Å². The Morgan fingerprint density at radius 2 is 2.16 bits per heavy atom. The van der Waals surface area contributed by atoms with Crippen molar-refractivity contribution in [3.8, 4) is 0 Å². The van der Waals surface area contributed by atoms with E-state index in [2.05, 4.69) is 41.4 Å². The van der Waals surface area contributed by atoms with Gasteiger partial charge >= 0.3 is 0 Å². The predicted molar refractivity (Wildman–Crippen MR) is 78.3 cm³/mol. The molecule has 6 nitrogen and oxygen atoms in total. The molecule has 19 heavy (non-hydrogen) atoms. The molecule has 0 spiro atoms. The van der Waals surface area contributed by atoms with Crippen LogP contribution in [0.2, 0.25) is 0 Å². The highest BCUT2D eigenvalue weighted by Crippen LogP contribution is 2.28. The lowest BCUT2D eigenvalue weighted by Gasteiger charge is -2.09. The lowest BCUT2D eigenvalue weighted by atomic mass is 10.2. The van der Waals surface area contributed by atoms with Crippen LogP contribution in [0.25, 0.3) is 11.0 Å². The lowest BCUT2D eigenvalue weighted by molar-refractivity contribution is 1.09. The number of hydrogen-bond acceptors (Lipinski definition) is 5. The van der Waals surface area contributed by atoms with E-state index in [1.807, 2.05) is 25.1 Å². The molecule has 3 aromatic rings. The maximum atomic E-state index is 5.68. The molecular weight excluding hydrogens is 308 g/mol. The zero-order valence-corrected chi connectivity index (χ0v) is 11.7. The molecule has 1 aromatic carbocycles. The quantitative estimate of drug-likeness (QED) is 0.675. The van der Waals surface area contributed by atoms with Gasteiger partial charge in [-0.05, 0) is 40.5 Å². The molecule has 2 aromatic heterocycles. The van der Waals surface area contributed by atoms with Gasteiger partial charge in [-0.25, -0.2) is 0 Å². The first kappa shape index (κ1) is 11.9. The summed E-state index contributed by atoms with van der Waals surface area (Å²) >= 11 is 3.52. The van der Waals surface area contributed by atoms with Crippen LogP contribution in [-0.2, 0) is 0 Å². The van der Waals surface area contributed by atoms with E-state index in [0.29, 0.717) is 11.5 Å². The van der Waals surface area contributed by atoms with E-state index in [0.717, 1.165) is 15.5 Å². The number of hydrogen-bond donors (Lipinski definition) is 3. The number of nitrogens with two attached hydrogens (primary N) is 1. The molecule has 96 valence electrons. The van der Waals surface area contributed by atoms with Gasteiger partial charge < -0.3 is 11.1 Å². The largest absolute Gasteiger partial charge is 0.368 e. The SMILES string of the molecule is Cc1ccc(Nc2nc(N)nc3[nH]ncc23)c(Br)c1. The summed E-state index contributed by atoms with van der Waals surface area (Å²) < 4.78 is 0.960. The zero-order chi connectivity index (χ0) is 13.4. The fraction of sp³-hybridized carbons (Fsp3) is 0.0833. The summed E-state index contributed by atoms with van der Waals surface area (Å²) in [6.45, 7) is 2.03. The Morgan fingerprint density at radius 3 is 2.95 bits per heavy atom. The molecule has 0 saturated heterocycles. The highest BCUT2D eigenvalue weighted by Gasteiger charge is 2.09. The Hall–Kier alpha value is -2.15.